The van der Waals surface area contributed by atoms with E-state index in [0.717, 1.165) is 16.6 Å². The maximum Gasteiger partial charge on any atom is 0.141 e. The van der Waals surface area contributed by atoms with E-state index in [-0.39, 0.29) is 5.82 Å². The van der Waals surface area contributed by atoms with Gasteiger partial charge in [0.25, 0.3) is 0 Å². The van der Waals surface area contributed by atoms with Crippen LogP contribution < -0.4 is 5.73 Å². The number of aromatic nitrogens is 2. The zero-order valence-electron chi connectivity index (χ0n) is 11.2. The van der Waals surface area contributed by atoms with Gasteiger partial charge in [-0.3, -0.25) is 0 Å². The summed E-state index contributed by atoms with van der Waals surface area (Å²) < 4.78 is 15.4. The molecule has 0 aliphatic carbocycles. The largest absolute Gasteiger partial charge is 0.396 e. The van der Waals surface area contributed by atoms with Crippen molar-refractivity contribution in [3.8, 4) is 11.4 Å². The molecule has 0 saturated carbocycles. The first-order valence-electron chi connectivity index (χ1n) is 6.42. The second-order valence-corrected chi connectivity index (χ2v) is 5.48. The molecule has 0 amide bonds. The van der Waals surface area contributed by atoms with Gasteiger partial charge in [0.05, 0.1) is 26.8 Å². The average molecular weight is 324 g/mol. The fourth-order valence-electron chi connectivity index (χ4n) is 2.35. The van der Waals surface area contributed by atoms with Crippen LogP contribution in [0.2, 0.25) is 10.0 Å². The summed E-state index contributed by atoms with van der Waals surface area (Å²) in [6, 6.07) is 7.94. The van der Waals surface area contributed by atoms with Crippen molar-refractivity contribution in [1.82, 2.24) is 9.55 Å². The number of rotatable bonds is 2. The molecule has 2 aromatic carbocycles. The summed E-state index contributed by atoms with van der Waals surface area (Å²) in [5, 5.41) is 0.747. The number of benzene rings is 2. The molecule has 0 unspecified atom stereocenters. The highest BCUT2D eigenvalue weighted by Gasteiger charge is 2.14. The summed E-state index contributed by atoms with van der Waals surface area (Å²) in [6.07, 6.45) is 0. The number of aryl methyl sites for hydroxylation is 1. The van der Waals surface area contributed by atoms with Crippen LogP contribution in [0, 0.1) is 5.82 Å². The molecule has 1 heterocycles. The standard InChI is InChI=1S/C15H12Cl2FN3/c1-2-21-13-7-9(18)3-4-12(13)20-15(21)8-5-10(16)14(19)11(17)6-8/h3-7H,2,19H2,1H3. The highest BCUT2D eigenvalue weighted by molar-refractivity contribution is 6.39. The van der Waals surface area contributed by atoms with Crippen molar-refractivity contribution >= 4 is 39.9 Å². The molecule has 0 aliphatic rings. The summed E-state index contributed by atoms with van der Waals surface area (Å²) >= 11 is 12.2. The molecule has 0 spiro atoms. The number of nitrogens with zero attached hydrogens (tertiary/aromatic N) is 2. The van der Waals surface area contributed by atoms with Crippen molar-refractivity contribution < 1.29 is 4.39 Å². The number of anilines is 1. The SMILES string of the molecule is CCn1c(-c2cc(Cl)c(N)c(Cl)c2)nc2ccc(F)cc21. The number of imidazole rings is 1. The Balaban J connectivity index is 2.29. The van der Waals surface area contributed by atoms with Crippen molar-refractivity contribution in [1.29, 1.82) is 0 Å². The third-order valence-corrected chi connectivity index (χ3v) is 3.99. The average Bonchev–Trinajstić information content (AvgIpc) is 2.81. The molecular formula is C15H12Cl2FN3. The summed E-state index contributed by atoms with van der Waals surface area (Å²) in [7, 11) is 0. The molecule has 1 aromatic heterocycles. The molecule has 21 heavy (non-hydrogen) atoms. The molecule has 3 aromatic rings. The summed E-state index contributed by atoms with van der Waals surface area (Å²) in [5.41, 5.74) is 8.29. The van der Waals surface area contributed by atoms with E-state index in [9.17, 15) is 4.39 Å². The molecule has 0 aliphatic heterocycles. The molecule has 6 heteroatoms. The first kappa shape index (κ1) is 14.2. The first-order valence-corrected chi connectivity index (χ1v) is 7.17. The summed E-state index contributed by atoms with van der Waals surface area (Å²) in [5.74, 6) is 0.388. The first-order chi connectivity index (χ1) is 10.0. The van der Waals surface area contributed by atoms with E-state index >= 15 is 0 Å². The second-order valence-electron chi connectivity index (χ2n) is 4.67. The zero-order chi connectivity index (χ0) is 15.1. The maximum absolute atomic E-state index is 13.4. The van der Waals surface area contributed by atoms with Gasteiger partial charge < -0.3 is 10.3 Å². The predicted octanol–water partition coefficient (Wildman–Crippen LogP) is 4.75. The number of fused-ring (bicyclic) bond motifs is 1. The Hall–Kier alpha value is -1.78. The van der Waals surface area contributed by atoms with Crippen LogP contribution in [-0.4, -0.2) is 9.55 Å². The molecule has 0 saturated heterocycles. The van der Waals surface area contributed by atoms with Gasteiger partial charge in [0.1, 0.15) is 11.6 Å². The highest BCUT2D eigenvalue weighted by Crippen LogP contribution is 2.34. The normalized spacial score (nSPS) is 11.2. The minimum atomic E-state index is -0.294. The topological polar surface area (TPSA) is 43.8 Å². The Morgan fingerprint density at radius 2 is 1.86 bits per heavy atom. The lowest BCUT2D eigenvalue weighted by molar-refractivity contribution is 0.628. The minimum Gasteiger partial charge on any atom is -0.396 e. The number of hydrogen-bond donors (Lipinski definition) is 1. The van der Waals surface area contributed by atoms with Crippen LogP contribution >= 0.6 is 23.2 Å². The van der Waals surface area contributed by atoms with E-state index in [4.69, 9.17) is 28.9 Å². The van der Waals surface area contributed by atoms with Crippen molar-refractivity contribution in [2.45, 2.75) is 13.5 Å². The van der Waals surface area contributed by atoms with Crippen LogP contribution in [0.1, 0.15) is 6.92 Å². The highest BCUT2D eigenvalue weighted by atomic mass is 35.5. The second kappa shape index (κ2) is 5.20. The summed E-state index contributed by atoms with van der Waals surface area (Å²) in [6.45, 7) is 2.62. The Morgan fingerprint density at radius 3 is 2.48 bits per heavy atom. The molecule has 0 radical (unpaired) electrons. The van der Waals surface area contributed by atoms with Crippen LogP contribution in [0.5, 0.6) is 0 Å². The molecule has 108 valence electrons. The van der Waals surface area contributed by atoms with E-state index in [0.29, 0.717) is 28.1 Å². The van der Waals surface area contributed by atoms with Gasteiger partial charge in [0, 0.05) is 12.1 Å². The van der Waals surface area contributed by atoms with Crippen LogP contribution in [0.3, 0.4) is 0 Å². The Kier molecular flexibility index (Phi) is 3.51. The molecule has 0 fully saturated rings. The third kappa shape index (κ3) is 2.34. The van der Waals surface area contributed by atoms with E-state index in [2.05, 4.69) is 4.98 Å². The fourth-order valence-corrected chi connectivity index (χ4v) is 2.84. The van der Waals surface area contributed by atoms with Crippen molar-refractivity contribution in [2.75, 3.05) is 5.73 Å². The molecule has 0 bridgehead atoms. The van der Waals surface area contributed by atoms with Crippen LogP contribution in [-0.2, 0) is 6.54 Å². The van der Waals surface area contributed by atoms with Gasteiger partial charge in [-0.05, 0) is 37.3 Å². The zero-order valence-corrected chi connectivity index (χ0v) is 12.7. The predicted molar refractivity (Wildman–Crippen MR) is 85.2 cm³/mol. The number of nitrogen functional groups attached to an aromatic ring is 1. The molecule has 3 nitrogen and oxygen atoms in total. The van der Waals surface area contributed by atoms with Gasteiger partial charge in [-0.25, -0.2) is 9.37 Å². The quantitative estimate of drug-likeness (QED) is 0.691. The van der Waals surface area contributed by atoms with Gasteiger partial charge >= 0.3 is 0 Å². The Labute approximate surface area is 131 Å². The van der Waals surface area contributed by atoms with E-state index < -0.39 is 0 Å². The third-order valence-electron chi connectivity index (χ3n) is 3.36. The fraction of sp³-hybridized carbons (Fsp3) is 0.133. The van der Waals surface area contributed by atoms with Gasteiger partial charge in [-0.2, -0.15) is 0 Å². The molecule has 2 N–H and O–H groups in total. The number of halogens is 3. The smallest absolute Gasteiger partial charge is 0.141 e. The van der Waals surface area contributed by atoms with Crippen molar-refractivity contribution in [2.24, 2.45) is 0 Å². The lowest BCUT2D eigenvalue weighted by Crippen LogP contribution is -1.98. The summed E-state index contributed by atoms with van der Waals surface area (Å²) in [4.78, 5) is 4.54. The van der Waals surface area contributed by atoms with Crippen LogP contribution in [0.4, 0.5) is 10.1 Å². The monoisotopic (exact) mass is 323 g/mol. The Morgan fingerprint density at radius 1 is 1.19 bits per heavy atom. The maximum atomic E-state index is 13.4. The molecule has 3 rings (SSSR count). The lowest BCUT2D eigenvalue weighted by atomic mass is 10.2. The minimum absolute atomic E-state index is 0.294. The van der Waals surface area contributed by atoms with Gasteiger partial charge in [0.15, 0.2) is 0 Å². The van der Waals surface area contributed by atoms with Gasteiger partial charge in [-0.1, -0.05) is 23.2 Å². The Bertz CT molecular complexity index is 819. The lowest BCUT2D eigenvalue weighted by Gasteiger charge is -2.09. The van der Waals surface area contributed by atoms with Crippen LogP contribution in [0.25, 0.3) is 22.4 Å². The van der Waals surface area contributed by atoms with Crippen LogP contribution in [0.15, 0.2) is 30.3 Å². The van der Waals surface area contributed by atoms with E-state index in [1.165, 1.54) is 12.1 Å². The van der Waals surface area contributed by atoms with E-state index in [1.807, 2.05) is 11.5 Å². The number of hydrogen-bond acceptors (Lipinski definition) is 2. The molecule has 0 atom stereocenters. The van der Waals surface area contributed by atoms with E-state index in [1.54, 1.807) is 18.2 Å². The van der Waals surface area contributed by atoms with Gasteiger partial charge in [-0.15, -0.1) is 0 Å². The molecular weight excluding hydrogens is 312 g/mol. The van der Waals surface area contributed by atoms with Crippen molar-refractivity contribution in [3.05, 3.63) is 46.2 Å². The number of nitrogens with two attached hydrogens (primary N) is 1. The van der Waals surface area contributed by atoms with Gasteiger partial charge in [0.2, 0.25) is 0 Å². The van der Waals surface area contributed by atoms with Crippen molar-refractivity contribution in [3.63, 3.8) is 0 Å².